The Hall–Kier alpha value is -3.88. The Balaban J connectivity index is 1.33. The summed E-state index contributed by atoms with van der Waals surface area (Å²) in [5.41, 5.74) is 2.26. The zero-order valence-corrected chi connectivity index (χ0v) is 20.7. The van der Waals surface area contributed by atoms with Gasteiger partial charge >= 0.3 is 0 Å². The number of carbonyl (C=O) groups excluding carboxylic acids is 2. The lowest BCUT2D eigenvalue weighted by molar-refractivity contribution is -0.123. The van der Waals surface area contributed by atoms with Crippen LogP contribution in [0.1, 0.15) is 48.9 Å². The van der Waals surface area contributed by atoms with Gasteiger partial charge in [-0.3, -0.25) is 9.59 Å². The third-order valence-corrected chi connectivity index (χ3v) is 6.57. The lowest BCUT2D eigenvalue weighted by atomic mass is 9.84. The average molecular weight is 491 g/mol. The van der Waals surface area contributed by atoms with Gasteiger partial charge in [0.05, 0.1) is 12.8 Å². The lowest BCUT2D eigenvalue weighted by Gasteiger charge is -2.26. The predicted molar refractivity (Wildman–Crippen MR) is 138 cm³/mol. The van der Waals surface area contributed by atoms with E-state index in [-0.39, 0.29) is 11.8 Å². The van der Waals surface area contributed by atoms with Crippen molar-refractivity contribution >= 4 is 17.5 Å². The van der Waals surface area contributed by atoms with Gasteiger partial charge in [-0.05, 0) is 60.9 Å². The van der Waals surface area contributed by atoms with Crippen LogP contribution in [0.4, 0.5) is 5.69 Å². The molecule has 1 aliphatic rings. The van der Waals surface area contributed by atoms with E-state index in [0.717, 1.165) is 30.0 Å². The highest BCUT2D eigenvalue weighted by molar-refractivity contribution is 5.97. The first-order valence-corrected chi connectivity index (χ1v) is 12.5. The normalized spacial score (nSPS) is 14.6. The van der Waals surface area contributed by atoms with Gasteiger partial charge in [0.1, 0.15) is 24.4 Å². The molecule has 1 aliphatic carbocycles. The van der Waals surface area contributed by atoms with E-state index in [1.807, 2.05) is 36.4 Å². The molecular formula is C27H34N6O3. The highest BCUT2D eigenvalue weighted by atomic mass is 16.5. The molecule has 2 aromatic carbocycles. The molecule has 1 aromatic heterocycles. The van der Waals surface area contributed by atoms with Crippen LogP contribution in [-0.2, 0) is 4.79 Å². The quantitative estimate of drug-likeness (QED) is 0.355. The number of amides is 2. The predicted octanol–water partition coefficient (Wildman–Crippen LogP) is 3.57. The molecule has 1 fully saturated rings. The van der Waals surface area contributed by atoms with Crippen molar-refractivity contribution in [1.29, 1.82) is 0 Å². The molecule has 0 saturated heterocycles. The van der Waals surface area contributed by atoms with Crippen molar-refractivity contribution in [2.75, 3.05) is 25.5 Å². The van der Waals surface area contributed by atoms with Crippen LogP contribution in [0.25, 0.3) is 5.69 Å². The van der Waals surface area contributed by atoms with Crippen molar-refractivity contribution in [2.45, 2.75) is 44.6 Å². The molecule has 2 amide bonds. The molecule has 1 atom stereocenters. The van der Waals surface area contributed by atoms with Crippen molar-refractivity contribution in [3.8, 4) is 11.4 Å². The molecule has 3 aromatic rings. The van der Waals surface area contributed by atoms with Crippen LogP contribution in [0.2, 0.25) is 0 Å². The summed E-state index contributed by atoms with van der Waals surface area (Å²) in [7, 11) is 1.63. The summed E-state index contributed by atoms with van der Waals surface area (Å²) in [6.07, 6.45) is 9.53. The first-order chi connectivity index (χ1) is 17.6. The molecule has 0 bridgehead atoms. The van der Waals surface area contributed by atoms with Crippen molar-refractivity contribution < 1.29 is 14.3 Å². The third-order valence-electron chi connectivity index (χ3n) is 6.57. The Morgan fingerprint density at radius 3 is 2.44 bits per heavy atom. The fourth-order valence-electron chi connectivity index (χ4n) is 4.56. The third kappa shape index (κ3) is 7.07. The minimum atomic E-state index is -0.573. The Kier molecular flexibility index (Phi) is 8.91. The van der Waals surface area contributed by atoms with Gasteiger partial charge in [-0.2, -0.15) is 5.10 Å². The van der Waals surface area contributed by atoms with Gasteiger partial charge in [-0.1, -0.05) is 32.1 Å². The number of nitrogens with zero attached hydrogens (tertiary/aromatic N) is 3. The van der Waals surface area contributed by atoms with Crippen molar-refractivity contribution in [1.82, 2.24) is 25.4 Å². The van der Waals surface area contributed by atoms with Crippen LogP contribution in [0.3, 0.4) is 0 Å². The Morgan fingerprint density at radius 2 is 1.78 bits per heavy atom. The molecule has 190 valence electrons. The van der Waals surface area contributed by atoms with E-state index in [1.165, 1.54) is 25.6 Å². The highest BCUT2D eigenvalue weighted by Gasteiger charge is 2.26. The molecule has 3 N–H and O–H groups in total. The second kappa shape index (κ2) is 12.7. The first kappa shape index (κ1) is 25.2. The zero-order chi connectivity index (χ0) is 25.2. The molecule has 1 unspecified atom stereocenters. The number of nitrogens with one attached hydrogen (secondary N) is 3. The fraction of sp³-hybridized carbons (Fsp3) is 0.407. The van der Waals surface area contributed by atoms with Gasteiger partial charge in [0.2, 0.25) is 5.91 Å². The SMILES string of the molecule is COc1ccc(NCCNC(=O)C(CC2CCCCC2)NC(=O)c2ccc(-n3cncn3)cc2)cc1. The van der Waals surface area contributed by atoms with Crippen LogP contribution in [0.5, 0.6) is 5.75 Å². The summed E-state index contributed by atoms with van der Waals surface area (Å²) in [5, 5.41) is 13.4. The largest absolute Gasteiger partial charge is 0.497 e. The van der Waals surface area contributed by atoms with E-state index >= 15 is 0 Å². The van der Waals surface area contributed by atoms with Crippen molar-refractivity contribution in [3.05, 3.63) is 66.7 Å². The smallest absolute Gasteiger partial charge is 0.251 e. The van der Waals surface area contributed by atoms with Crippen LogP contribution in [-0.4, -0.2) is 52.8 Å². The number of carbonyl (C=O) groups is 2. The molecule has 0 spiro atoms. The second-order valence-electron chi connectivity index (χ2n) is 9.10. The molecule has 4 rings (SSSR count). The van der Waals surface area contributed by atoms with Gasteiger partial charge in [0.25, 0.3) is 5.91 Å². The molecule has 0 aliphatic heterocycles. The summed E-state index contributed by atoms with van der Waals surface area (Å²) in [5.74, 6) is 0.835. The van der Waals surface area contributed by atoms with Crippen LogP contribution in [0, 0.1) is 5.92 Å². The first-order valence-electron chi connectivity index (χ1n) is 12.5. The van der Waals surface area contributed by atoms with Gasteiger partial charge in [-0.25, -0.2) is 9.67 Å². The summed E-state index contributed by atoms with van der Waals surface area (Å²) in [4.78, 5) is 30.1. The number of rotatable bonds is 11. The Morgan fingerprint density at radius 1 is 1.03 bits per heavy atom. The van der Waals surface area contributed by atoms with E-state index in [1.54, 1.807) is 30.3 Å². The van der Waals surface area contributed by atoms with E-state index < -0.39 is 6.04 Å². The topological polar surface area (TPSA) is 110 Å². The molecule has 36 heavy (non-hydrogen) atoms. The van der Waals surface area contributed by atoms with Gasteiger partial charge in [0, 0.05) is 24.3 Å². The van der Waals surface area contributed by atoms with Crippen LogP contribution < -0.4 is 20.7 Å². The molecule has 9 heteroatoms. The lowest BCUT2D eigenvalue weighted by Crippen LogP contribution is -2.48. The maximum absolute atomic E-state index is 13.1. The van der Waals surface area contributed by atoms with Crippen LogP contribution >= 0.6 is 0 Å². The van der Waals surface area contributed by atoms with Gasteiger partial charge in [-0.15, -0.1) is 0 Å². The number of aromatic nitrogens is 3. The average Bonchev–Trinajstić information content (AvgIpc) is 3.47. The zero-order valence-electron chi connectivity index (χ0n) is 20.7. The molecule has 9 nitrogen and oxygen atoms in total. The Bertz CT molecular complexity index is 1090. The summed E-state index contributed by atoms with van der Waals surface area (Å²) in [6, 6.07) is 14.2. The minimum Gasteiger partial charge on any atom is -0.497 e. The molecule has 1 saturated carbocycles. The van der Waals surface area contributed by atoms with Crippen molar-refractivity contribution in [2.24, 2.45) is 5.92 Å². The van der Waals surface area contributed by atoms with Crippen LogP contribution in [0.15, 0.2) is 61.2 Å². The number of anilines is 1. The van der Waals surface area contributed by atoms with Gasteiger partial charge < -0.3 is 20.7 Å². The summed E-state index contributed by atoms with van der Waals surface area (Å²) in [6.45, 7) is 1.03. The number of benzene rings is 2. The molecular weight excluding hydrogens is 456 g/mol. The molecule has 0 radical (unpaired) electrons. The standard InChI is InChI=1S/C27H34N6O3/c1-36-24-13-9-22(10-14-24)29-15-16-30-27(35)25(17-20-5-3-2-4-6-20)32-26(34)21-7-11-23(12-8-21)33-19-28-18-31-33/h7-14,18-20,25,29H,2-6,15-17H2,1H3,(H,30,35)(H,32,34). The molecule has 1 heterocycles. The second-order valence-corrected chi connectivity index (χ2v) is 9.10. The van der Waals surface area contributed by atoms with E-state index in [9.17, 15) is 9.59 Å². The van der Waals surface area contributed by atoms with E-state index in [0.29, 0.717) is 31.0 Å². The fourth-order valence-corrected chi connectivity index (χ4v) is 4.56. The van der Waals surface area contributed by atoms with Gasteiger partial charge in [0.15, 0.2) is 0 Å². The van der Waals surface area contributed by atoms with E-state index in [2.05, 4.69) is 26.0 Å². The number of ether oxygens (including phenoxy) is 1. The summed E-state index contributed by atoms with van der Waals surface area (Å²) < 4.78 is 6.80. The number of hydrogen-bond acceptors (Lipinski definition) is 6. The number of hydrogen-bond donors (Lipinski definition) is 3. The monoisotopic (exact) mass is 490 g/mol. The maximum atomic E-state index is 13.1. The maximum Gasteiger partial charge on any atom is 0.251 e. The number of methoxy groups -OCH3 is 1. The minimum absolute atomic E-state index is 0.148. The summed E-state index contributed by atoms with van der Waals surface area (Å²) >= 11 is 0. The highest BCUT2D eigenvalue weighted by Crippen LogP contribution is 2.27. The van der Waals surface area contributed by atoms with E-state index in [4.69, 9.17) is 4.74 Å². The van der Waals surface area contributed by atoms with Crippen molar-refractivity contribution in [3.63, 3.8) is 0 Å². The Labute approximate surface area is 211 Å².